The van der Waals surface area contributed by atoms with E-state index in [2.05, 4.69) is 15.9 Å². The second kappa shape index (κ2) is 3.89. The normalized spacial score (nSPS) is 15.6. The van der Waals surface area contributed by atoms with Crippen molar-refractivity contribution in [2.45, 2.75) is 25.7 Å². The molecule has 0 N–H and O–H groups in total. The van der Waals surface area contributed by atoms with Crippen LogP contribution in [0.3, 0.4) is 0 Å². The first kappa shape index (κ1) is 9.97. The second-order valence-electron chi connectivity index (χ2n) is 3.67. The predicted octanol–water partition coefficient (Wildman–Crippen LogP) is 3.74. The molecule has 0 unspecified atom stereocenters. The van der Waals surface area contributed by atoms with Gasteiger partial charge in [0.2, 0.25) is 0 Å². The van der Waals surface area contributed by atoms with Gasteiger partial charge in [0.05, 0.1) is 0 Å². The van der Waals surface area contributed by atoms with E-state index in [1.165, 1.54) is 0 Å². The van der Waals surface area contributed by atoms with Crippen molar-refractivity contribution in [1.29, 1.82) is 0 Å². The van der Waals surface area contributed by atoms with Gasteiger partial charge in [-0.25, -0.2) is 4.39 Å². The monoisotopic (exact) mass is 258 g/mol. The summed E-state index contributed by atoms with van der Waals surface area (Å²) in [5.74, 6) is 1.20. The van der Waals surface area contributed by atoms with Crippen molar-refractivity contribution >= 4 is 15.9 Å². The molecule has 1 saturated carbocycles. The second-order valence-corrected chi connectivity index (χ2v) is 4.12. The molecule has 76 valence electrons. The summed E-state index contributed by atoms with van der Waals surface area (Å²) in [7, 11) is 0. The van der Waals surface area contributed by atoms with Crippen LogP contribution in [0.1, 0.15) is 29.9 Å². The lowest BCUT2D eigenvalue weighted by molar-refractivity contribution is 0.391. The van der Waals surface area contributed by atoms with Gasteiger partial charge in [0, 0.05) is 5.56 Å². The number of halogens is 2. The maximum absolute atomic E-state index is 13.3. The van der Waals surface area contributed by atoms with Crippen LogP contribution in [0.4, 0.5) is 4.39 Å². The first-order chi connectivity index (χ1) is 6.72. The molecule has 0 spiro atoms. The molecule has 1 aromatic carbocycles. The van der Waals surface area contributed by atoms with Crippen molar-refractivity contribution in [2.24, 2.45) is 0 Å². The standard InChI is InChI=1S/C11H12BrFO/c1-7-4-11(14-6-12)9(5-10(7)13)8-2-3-8/h4-5,8H,2-3,6H2,1H3. The fourth-order valence-corrected chi connectivity index (χ4v) is 1.81. The Bertz CT molecular complexity index is 347. The summed E-state index contributed by atoms with van der Waals surface area (Å²) < 4.78 is 18.7. The van der Waals surface area contributed by atoms with Gasteiger partial charge in [-0.2, -0.15) is 0 Å². The minimum absolute atomic E-state index is 0.131. The Hall–Kier alpha value is -0.570. The molecule has 2 rings (SSSR count). The van der Waals surface area contributed by atoms with Crippen molar-refractivity contribution < 1.29 is 9.13 Å². The van der Waals surface area contributed by atoms with Crippen molar-refractivity contribution in [3.05, 3.63) is 29.1 Å². The zero-order chi connectivity index (χ0) is 10.1. The fraction of sp³-hybridized carbons (Fsp3) is 0.455. The molecule has 14 heavy (non-hydrogen) atoms. The van der Waals surface area contributed by atoms with E-state index in [9.17, 15) is 4.39 Å². The molecular weight excluding hydrogens is 247 g/mol. The SMILES string of the molecule is Cc1cc(OCBr)c(C2CC2)cc1F. The molecule has 1 aliphatic rings. The van der Waals surface area contributed by atoms with Gasteiger partial charge in [0.25, 0.3) is 0 Å². The zero-order valence-corrected chi connectivity index (χ0v) is 9.60. The van der Waals surface area contributed by atoms with Gasteiger partial charge in [-0.15, -0.1) is 0 Å². The maximum Gasteiger partial charge on any atom is 0.143 e. The Morgan fingerprint density at radius 2 is 2.21 bits per heavy atom. The molecule has 0 aliphatic heterocycles. The van der Waals surface area contributed by atoms with Crippen molar-refractivity contribution in [2.75, 3.05) is 5.52 Å². The molecule has 0 radical (unpaired) electrons. The van der Waals surface area contributed by atoms with Crippen LogP contribution in [-0.4, -0.2) is 5.52 Å². The number of alkyl halides is 1. The molecule has 0 saturated heterocycles. The summed E-state index contributed by atoms with van der Waals surface area (Å²) in [5, 5.41) is 0. The number of hydrogen-bond donors (Lipinski definition) is 0. The summed E-state index contributed by atoms with van der Waals surface area (Å²) in [6.45, 7) is 1.76. The van der Waals surface area contributed by atoms with Gasteiger partial charge in [-0.1, -0.05) is 0 Å². The quantitative estimate of drug-likeness (QED) is 0.751. The van der Waals surface area contributed by atoms with Crippen LogP contribution in [0.2, 0.25) is 0 Å². The molecule has 1 fully saturated rings. The average molecular weight is 259 g/mol. The molecule has 0 amide bonds. The molecular formula is C11H12BrFO. The van der Waals surface area contributed by atoms with E-state index < -0.39 is 0 Å². The largest absolute Gasteiger partial charge is 0.482 e. The Morgan fingerprint density at radius 3 is 2.79 bits per heavy atom. The number of ether oxygens (including phenoxy) is 1. The van der Waals surface area contributed by atoms with Gasteiger partial charge in [0.15, 0.2) is 0 Å². The molecule has 1 aliphatic carbocycles. The number of rotatable bonds is 3. The highest BCUT2D eigenvalue weighted by molar-refractivity contribution is 9.09. The molecule has 0 bridgehead atoms. The zero-order valence-electron chi connectivity index (χ0n) is 8.02. The highest BCUT2D eigenvalue weighted by Crippen LogP contribution is 2.45. The fourth-order valence-electron chi connectivity index (χ4n) is 1.57. The Balaban J connectivity index is 2.38. The van der Waals surface area contributed by atoms with E-state index in [4.69, 9.17) is 4.74 Å². The molecule has 0 heterocycles. The molecule has 1 nitrogen and oxygen atoms in total. The number of hydrogen-bond acceptors (Lipinski definition) is 1. The van der Waals surface area contributed by atoms with E-state index in [1.807, 2.05) is 0 Å². The maximum atomic E-state index is 13.3. The summed E-state index contributed by atoms with van der Waals surface area (Å²) in [6.07, 6.45) is 2.31. The van der Waals surface area contributed by atoms with Crippen LogP contribution in [-0.2, 0) is 0 Å². The third-order valence-electron chi connectivity index (χ3n) is 2.52. The summed E-state index contributed by atoms with van der Waals surface area (Å²) in [5.41, 5.74) is 2.12. The van der Waals surface area contributed by atoms with E-state index in [1.54, 1.807) is 19.1 Å². The smallest absolute Gasteiger partial charge is 0.143 e. The van der Waals surface area contributed by atoms with Gasteiger partial charge in [-0.05, 0) is 59.3 Å². The lowest BCUT2D eigenvalue weighted by Crippen LogP contribution is -1.96. The molecule has 0 atom stereocenters. The van der Waals surface area contributed by atoms with E-state index in [0.717, 1.165) is 24.2 Å². The van der Waals surface area contributed by atoms with E-state index in [-0.39, 0.29) is 5.82 Å². The highest BCUT2D eigenvalue weighted by atomic mass is 79.9. The Labute approximate surface area is 91.4 Å². The lowest BCUT2D eigenvalue weighted by Gasteiger charge is -2.10. The van der Waals surface area contributed by atoms with Crippen LogP contribution in [0.15, 0.2) is 12.1 Å². The van der Waals surface area contributed by atoms with Crippen LogP contribution >= 0.6 is 15.9 Å². The van der Waals surface area contributed by atoms with Gasteiger partial charge >= 0.3 is 0 Å². The molecule has 0 aromatic heterocycles. The summed E-state index contributed by atoms with van der Waals surface area (Å²) in [4.78, 5) is 0. The third kappa shape index (κ3) is 1.92. The topological polar surface area (TPSA) is 9.23 Å². The van der Waals surface area contributed by atoms with Gasteiger partial charge in [0.1, 0.15) is 17.1 Å². The molecule has 3 heteroatoms. The van der Waals surface area contributed by atoms with Gasteiger partial charge < -0.3 is 4.74 Å². The van der Waals surface area contributed by atoms with Crippen molar-refractivity contribution in [1.82, 2.24) is 0 Å². The van der Waals surface area contributed by atoms with Crippen LogP contribution in [0, 0.1) is 12.7 Å². The summed E-state index contributed by atoms with van der Waals surface area (Å²) >= 11 is 3.22. The Morgan fingerprint density at radius 1 is 1.50 bits per heavy atom. The molecule has 1 aromatic rings. The first-order valence-electron chi connectivity index (χ1n) is 4.71. The van der Waals surface area contributed by atoms with Crippen molar-refractivity contribution in [3.63, 3.8) is 0 Å². The average Bonchev–Trinajstić information content (AvgIpc) is 2.94. The Kier molecular flexibility index (Phi) is 2.77. The van der Waals surface area contributed by atoms with Gasteiger partial charge in [-0.3, -0.25) is 0 Å². The van der Waals surface area contributed by atoms with E-state index >= 15 is 0 Å². The highest BCUT2D eigenvalue weighted by Gasteiger charge is 2.27. The van der Waals surface area contributed by atoms with Crippen LogP contribution in [0.5, 0.6) is 5.75 Å². The van der Waals surface area contributed by atoms with E-state index in [0.29, 0.717) is 17.0 Å². The predicted molar refractivity (Wildman–Crippen MR) is 57.5 cm³/mol. The number of aryl methyl sites for hydroxylation is 1. The summed E-state index contributed by atoms with van der Waals surface area (Å²) in [6, 6.07) is 3.40. The van der Waals surface area contributed by atoms with Crippen molar-refractivity contribution in [3.8, 4) is 5.75 Å². The van der Waals surface area contributed by atoms with Crippen LogP contribution < -0.4 is 4.74 Å². The van der Waals surface area contributed by atoms with Crippen LogP contribution in [0.25, 0.3) is 0 Å². The minimum atomic E-state index is -0.131. The third-order valence-corrected chi connectivity index (χ3v) is 2.75. The first-order valence-corrected chi connectivity index (χ1v) is 5.83. The minimum Gasteiger partial charge on any atom is -0.482 e. The lowest BCUT2D eigenvalue weighted by atomic mass is 10.1. The number of benzene rings is 1.